The maximum Gasteiger partial charge on any atom is 0.433 e. The SMILES string of the molecule is Cc1nc2c(-c3ccccc3)c(C(F)(F)F)[nH]n2c(=O)c1-c1ncc(C2CCCC2)o1. The Hall–Kier alpha value is -3.36. The van der Waals surface area contributed by atoms with Crippen molar-refractivity contribution in [1.29, 1.82) is 0 Å². The highest BCUT2D eigenvalue weighted by Crippen LogP contribution is 2.39. The Morgan fingerprint density at radius 1 is 1.13 bits per heavy atom. The third-order valence-corrected chi connectivity index (χ3v) is 5.80. The quantitative estimate of drug-likeness (QED) is 0.479. The molecule has 0 unspecified atom stereocenters. The average molecular weight is 428 g/mol. The van der Waals surface area contributed by atoms with Gasteiger partial charge in [0, 0.05) is 5.92 Å². The Balaban J connectivity index is 1.73. The molecule has 31 heavy (non-hydrogen) atoms. The van der Waals surface area contributed by atoms with Crippen molar-refractivity contribution >= 4 is 5.65 Å². The van der Waals surface area contributed by atoms with Gasteiger partial charge in [0.15, 0.2) is 5.65 Å². The van der Waals surface area contributed by atoms with Gasteiger partial charge in [-0.2, -0.15) is 17.7 Å². The number of nitrogens with one attached hydrogen (secondary N) is 1. The first kappa shape index (κ1) is 19.6. The lowest BCUT2D eigenvalue weighted by Gasteiger charge is -2.07. The molecule has 0 radical (unpaired) electrons. The number of halogens is 3. The van der Waals surface area contributed by atoms with Crippen molar-refractivity contribution in [2.24, 2.45) is 0 Å². The van der Waals surface area contributed by atoms with Gasteiger partial charge in [0.1, 0.15) is 17.0 Å². The number of H-pyrrole nitrogens is 1. The van der Waals surface area contributed by atoms with Crippen LogP contribution in [0, 0.1) is 6.92 Å². The van der Waals surface area contributed by atoms with Crippen molar-refractivity contribution in [1.82, 2.24) is 19.6 Å². The standard InChI is InChI=1S/C22H19F3N4O2/c1-12-16(20-26-11-15(31-20)13-7-5-6-8-13)21(30)29-19(27-12)17(14-9-3-2-4-10-14)18(28-29)22(23,24)25/h2-4,9-11,13,28H,5-8H2,1H3. The minimum atomic E-state index is -4.70. The summed E-state index contributed by atoms with van der Waals surface area (Å²) in [6.07, 6.45) is 1.12. The molecular weight excluding hydrogens is 409 g/mol. The number of aromatic amines is 1. The van der Waals surface area contributed by atoms with E-state index >= 15 is 0 Å². The molecule has 1 aromatic carbocycles. The molecule has 4 aromatic rings. The zero-order valence-corrected chi connectivity index (χ0v) is 16.7. The molecule has 5 rings (SSSR count). The summed E-state index contributed by atoms with van der Waals surface area (Å²) in [5.41, 5.74) is -1.35. The number of rotatable bonds is 3. The molecule has 0 atom stereocenters. The first-order valence-electron chi connectivity index (χ1n) is 10.1. The zero-order chi connectivity index (χ0) is 21.8. The maximum atomic E-state index is 13.8. The van der Waals surface area contributed by atoms with Gasteiger partial charge in [0.25, 0.3) is 5.56 Å². The molecule has 0 saturated heterocycles. The summed E-state index contributed by atoms with van der Waals surface area (Å²) in [7, 11) is 0. The Morgan fingerprint density at radius 3 is 2.52 bits per heavy atom. The van der Waals surface area contributed by atoms with Crippen molar-refractivity contribution < 1.29 is 17.6 Å². The number of nitrogens with zero attached hydrogens (tertiary/aromatic N) is 3. The van der Waals surface area contributed by atoms with Crippen LogP contribution < -0.4 is 5.56 Å². The Morgan fingerprint density at radius 2 is 1.84 bits per heavy atom. The van der Waals surface area contributed by atoms with E-state index in [1.807, 2.05) is 0 Å². The van der Waals surface area contributed by atoms with Crippen LogP contribution in [0.25, 0.3) is 28.2 Å². The Labute approximate surface area is 174 Å². The fraction of sp³-hybridized carbons (Fsp3) is 0.318. The molecule has 1 N–H and O–H groups in total. The minimum Gasteiger partial charge on any atom is -0.441 e. The van der Waals surface area contributed by atoms with E-state index < -0.39 is 17.4 Å². The summed E-state index contributed by atoms with van der Waals surface area (Å²) in [6, 6.07) is 8.08. The lowest BCUT2D eigenvalue weighted by Crippen LogP contribution is -2.20. The van der Waals surface area contributed by atoms with Crippen molar-refractivity contribution in [2.75, 3.05) is 0 Å². The molecule has 0 spiro atoms. The second kappa shape index (κ2) is 7.11. The maximum absolute atomic E-state index is 13.8. The Kier molecular flexibility index (Phi) is 4.49. The van der Waals surface area contributed by atoms with E-state index in [1.54, 1.807) is 43.5 Å². The molecular formula is C22H19F3N4O2. The molecule has 160 valence electrons. The van der Waals surface area contributed by atoms with Gasteiger partial charge >= 0.3 is 6.18 Å². The van der Waals surface area contributed by atoms with Crippen LogP contribution in [0.2, 0.25) is 0 Å². The van der Waals surface area contributed by atoms with Crippen LogP contribution in [0.3, 0.4) is 0 Å². The molecule has 0 bridgehead atoms. The monoisotopic (exact) mass is 428 g/mol. The normalized spacial score (nSPS) is 15.2. The smallest absolute Gasteiger partial charge is 0.433 e. The van der Waals surface area contributed by atoms with Crippen LogP contribution in [0.15, 0.2) is 45.7 Å². The third-order valence-electron chi connectivity index (χ3n) is 5.80. The number of hydrogen-bond donors (Lipinski definition) is 1. The predicted molar refractivity (Wildman–Crippen MR) is 108 cm³/mol. The third kappa shape index (κ3) is 3.24. The molecule has 3 aromatic heterocycles. The number of aryl methyl sites for hydroxylation is 1. The largest absolute Gasteiger partial charge is 0.441 e. The fourth-order valence-corrected chi connectivity index (χ4v) is 4.31. The lowest BCUT2D eigenvalue weighted by atomic mass is 10.1. The van der Waals surface area contributed by atoms with Gasteiger partial charge in [-0.05, 0) is 25.3 Å². The summed E-state index contributed by atoms with van der Waals surface area (Å²) in [5, 5.41) is 2.22. The highest BCUT2D eigenvalue weighted by atomic mass is 19.4. The average Bonchev–Trinajstić information content (AvgIpc) is 3.47. The molecule has 9 heteroatoms. The van der Waals surface area contributed by atoms with E-state index in [4.69, 9.17) is 4.42 Å². The predicted octanol–water partition coefficient (Wildman–Crippen LogP) is 5.33. The molecule has 0 amide bonds. The van der Waals surface area contributed by atoms with E-state index in [0.29, 0.717) is 11.3 Å². The van der Waals surface area contributed by atoms with Gasteiger partial charge in [0.2, 0.25) is 5.89 Å². The number of oxazole rings is 1. The first-order valence-corrected chi connectivity index (χ1v) is 10.1. The summed E-state index contributed by atoms with van der Waals surface area (Å²) in [6.45, 7) is 1.57. The lowest BCUT2D eigenvalue weighted by molar-refractivity contribution is -0.140. The topological polar surface area (TPSA) is 76.2 Å². The summed E-state index contributed by atoms with van der Waals surface area (Å²) in [4.78, 5) is 21.8. The number of aromatic nitrogens is 4. The number of hydrogen-bond acceptors (Lipinski definition) is 4. The molecule has 1 fully saturated rings. The summed E-state index contributed by atoms with van der Waals surface area (Å²) < 4.78 is 48.1. The van der Waals surface area contributed by atoms with E-state index in [-0.39, 0.29) is 34.3 Å². The van der Waals surface area contributed by atoms with Gasteiger partial charge in [-0.15, -0.1) is 0 Å². The van der Waals surface area contributed by atoms with Gasteiger partial charge in [-0.1, -0.05) is 43.2 Å². The van der Waals surface area contributed by atoms with E-state index in [1.165, 1.54) is 0 Å². The van der Waals surface area contributed by atoms with Crippen LogP contribution >= 0.6 is 0 Å². The van der Waals surface area contributed by atoms with Gasteiger partial charge in [-0.25, -0.2) is 9.97 Å². The summed E-state index contributed by atoms with van der Waals surface area (Å²) >= 11 is 0. The summed E-state index contributed by atoms with van der Waals surface area (Å²) in [5.74, 6) is 1.03. The molecule has 0 aliphatic heterocycles. The highest BCUT2D eigenvalue weighted by molar-refractivity contribution is 5.81. The number of alkyl halides is 3. The van der Waals surface area contributed by atoms with Crippen molar-refractivity contribution in [3.8, 4) is 22.6 Å². The van der Waals surface area contributed by atoms with Gasteiger partial charge < -0.3 is 4.42 Å². The van der Waals surface area contributed by atoms with Crippen LogP contribution in [0.5, 0.6) is 0 Å². The second-order valence-corrected chi connectivity index (χ2v) is 7.81. The van der Waals surface area contributed by atoms with Crippen LogP contribution in [-0.2, 0) is 6.18 Å². The highest BCUT2D eigenvalue weighted by Gasteiger charge is 2.38. The van der Waals surface area contributed by atoms with E-state index in [9.17, 15) is 18.0 Å². The van der Waals surface area contributed by atoms with Crippen molar-refractivity contribution in [2.45, 2.75) is 44.7 Å². The Bertz CT molecular complexity index is 1310. The van der Waals surface area contributed by atoms with Gasteiger partial charge in [0.05, 0.1) is 17.5 Å². The minimum absolute atomic E-state index is 0.0522. The van der Waals surface area contributed by atoms with Gasteiger partial charge in [-0.3, -0.25) is 9.89 Å². The number of fused-ring (bicyclic) bond motifs is 1. The molecule has 3 heterocycles. The molecule has 6 nitrogen and oxygen atoms in total. The van der Waals surface area contributed by atoms with Crippen molar-refractivity contribution in [3.63, 3.8) is 0 Å². The fourth-order valence-electron chi connectivity index (χ4n) is 4.31. The number of benzene rings is 1. The molecule has 1 aliphatic rings. The second-order valence-electron chi connectivity index (χ2n) is 7.81. The van der Waals surface area contributed by atoms with Crippen LogP contribution in [-0.4, -0.2) is 19.6 Å². The van der Waals surface area contributed by atoms with Crippen LogP contribution in [0.1, 0.15) is 48.7 Å². The van der Waals surface area contributed by atoms with Crippen LogP contribution in [0.4, 0.5) is 13.2 Å². The first-order chi connectivity index (χ1) is 14.8. The molecule has 1 aliphatic carbocycles. The van der Waals surface area contributed by atoms with E-state index in [0.717, 1.165) is 30.2 Å². The van der Waals surface area contributed by atoms with Crippen molar-refractivity contribution in [3.05, 3.63) is 64.0 Å². The zero-order valence-electron chi connectivity index (χ0n) is 16.7. The molecule has 1 saturated carbocycles. The van der Waals surface area contributed by atoms with E-state index in [2.05, 4.69) is 15.1 Å².